The van der Waals surface area contributed by atoms with Crippen LogP contribution in [-0.2, 0) is 0 Å². The number of aromatic nitrogens is 2. The summed E-state index contributed by atoms with van der Waals surface area (Å²) in [5.41, 5.74) is 2.25. The number of thioether (sulfide) groups is 1. The summed E-state index contributed by atoms with van der Waals surface area (Å²) in [6.45, 7) is 3.71. The van der Waals surface area contributed by atoms with E-state index in [9.17, 15) is 5.26 Å². The van der Waals surface area contributed by atoms with Gasteiger partial charge in [0, 0.05) is 31.7 Å². The Kier molecular flexibility index (Phi) is 4.79. The SMILES string of the molecule is CSc1nc(-c2ccccc2)c(C#N)c(N2CCN(C)CC2)n1. The molecule has 23 heavy (non-hydrogen) atoms. The van der Waals surface area contributed by atoms with Crippen LogP contribution in [0.5, 0.6) is 0 Å². The fraction of sp³-hybridized carbons (Fsp3) is 0.353. The molecule has 0 N–H and O–H groups in total. The lowest BCUT2D eigenvalue weighted by atomic mass is 10.1. The molecule has 0 amide bonds. The molecule has 0 spiro atoms. The van der Waals surface area contributed by atoms with Crippen molar-refractivity contribution in [2.45, 2.75) is 5.16 Å². The number of rotatable bonds is 3. The molecule has 6 heteroatoms. The highest BCUT2D eigenvalue weighted by molar-refractivity contribution is 7.98. The Labute approximate surface area is 141 Å². The van der Waals surface area contributed by atoms with Crippen LogP contribution >= 0.6 is 11.8 Å². The molecule has 1 aromatic heterocycles. The van der Waals surface area contributed by atoms with E-state index >= 15 is 0 Å². The fourth-order valence-electron chi connectivity index (χ4n) is 2.68. The van der Waals surface area contributed by atoms with Crippen molar-refractivity contribution in [1.82, 2.24) is 14.9 Å². The van der Waals surface area contributed by atoms with E-state index in [2.05, 4.69) is 32.9 Å². The first-order valence-corrected chi connectivity index (χ1v) is 8.80. The van der Waals surface area contributed by atoms with Crippen molar-refractivity contribution in [2.75, 3.05) is 44.4 Å². The molecule has 0 radical (unpaired) electrons. The minimum atomic E-state index is 0.568. The van der Waals surface area contributed by atoms with Crippen molar-refractivity contribution in [3.05, 3.63) is 35.9 Å². The molecule has 1 saturated heterocycles. The second-order valence-electron chi connectivity index (χ2n) is 5.53. The van der Waals surface area contributed by atoms with Crippen molar-refractivity contribution < 1.29 is 0 Å². The van der Waals surface area contributed by atoms with Gasteiger partial charge in [-0.15, -0.1) is 0 Å². The Morgan fingerprint density at radius 3 is 2.39 bits per heavy atom. The third kappa shape index (κ3) is 3.31. The lowest BCUT2D eigenvalue weighted by Gasteiger charge is -2.33. The van der Waals surface area contributed by atoms with Crippen molar-refractivity contribution >= 4 is 17.6 Å². The van der Waals surface area contributed by atoms with E-state index in [4.69, 9.17) is 0 Å². The average molecular weight is 325 g/mol. The van der Waals surface area contributed by atoms with Crippen LogP contribution < -0.4 is 4.90 Å². The molecular weight excluding hydrogens is 306 g/mol. The molecule has 118 valence electrons. The average Bonchev–Trinajstić information content (AvgIpc) is 2.62. The van der Waals surface area contributed by atoms with E-state index in [0.29, 0.717) is 10.7 Å². The van der Waals surface area contributed by atoms with Gasteiger partial charge in [0.2, 0.25) is 0 Å². The smallest absolute Gasteiger partial charge is 0.189 e. The summed E-state index contributed by atoms with van der Waals surface area (Å²) in [6.07, 6.45) is 1.96. The minimum absolute atomic E-state index is 0.568. The summed E-state index contributed by atoms with van der Waals surface area (Å²) in [4.78, 5) is 13.7. The molecule has 3 rings (SSSR count). The van der Waals surface area contributed by atoms with E-state index in [0.717, 1.165) is 43.3 Å². The highest BCUT2D eigenvalue weighted by Gasteiger charge is 2.23. The lowest BCUT2D eigenvalue weighted by molar-refractivity contribution is 0.311. The van der Waals surface area contributed by atoms with Gasteiger partial charge in [-0.25, -0.2) is 9.97 Å². The second-order valence-corrected chi connectivity index (χ2v) is 6.30. The summed E-state index contributed by atoms with van der Waals surface area (Å²) < 4.78 is 0. The maximum atomic E-state index is 9.73. The van der Waals surface area contributed by atoms with E-state index in [1.54, 1.807) is 0 Å². The molecule has 1 aliphatic rings. The number of piperazine rings is 1. The maximum absolute atomic E-state index is 9.73. The molecule has 2 aromatic rings. The third-order valence-electron chi connectivity index (χ3n) is 4.01. The molecule has 0 bridgehead atoms. The van der Waals surface area contributed by atoms with Crippen LogP contribution in [0.1, 0.15) is 5.56 Å². The van der Waals surface area contributed by atoms with Crippen LogP contribution in [0.25, 0.3) is 11.3 Å². The van der Waals surface area contributed by atoms with Gasteiger partial charge in [0.1, 0.15) is 11.6 Å². The van der Waals surface area contributed by atoms with Crippen LogP contribution in [-0.4, -0.2) is 54.4 Å². The Bertz CT molecular complexity index is 718. The van der Waals surface area contributed by atoms with Gasteiger partial charge >= 0.3 is 0 Å². The van der Waals surface area contributed by atoms with Gasteiger partial charge in [0.05, 0.1) is 5.69 Å². The summed E-state index contributed by atoms with van der Waals surface area (Å²) in [6, 6.07) is 12.2. The second kappa shape index (κ2) is 6.99. The Balaban J connectivity index is 2.10. The number of benzene rings is 1. The monoisotopic (exact) mass is 325 g/mol. The largest absolute Gasteiger partial charge is 0.353 e. The summed E-state index contributed by atoms with van der Waals surface area (Å²) >= 11 is 1.51. The Morgan fingerprint density at radius 2 is 1.78 bits per heavy atom. The predicted octanol–water partition coefficient (Wildman–Crippen LogP) is 2.49. The standard InChI is InChI=1S/C17H19N5S/c1-21-8-10-22(11-9-21)16-14(12-18)15(19-17(20-16)23-2)13-6-4-3-5-7-13/h3-7H,8-11H2,1-2H3. The third-order valence-corrected chi connectivity index (χ3v) is 4.56. The lowest BCUT2D eigenvalue weighted by Crippen LogP contribution is -2.45. The van der Waals surface area contributed by atoms with Crippen LogP contribution in [0, 0.1) is 11.3 Å². The van der Waals surface area contributed by atoms with Gasteiger partial charge < -0.3 is 9.80 Å². The number of hydrogen-bond acceptors (Lipinski definition) is 6. The molecule has 0 unspecified atom stereocenters. The number of nitriles is 1. The quantitative estimate of drug-likeness (QED) is 0.638. The predicted molar refractivity (Wildman–Crippen MR) is 93.7 cm³/mol. The first-order chi connectivity index (χ1) is 11.2. The zero-order chi connectivity index (χ0) is 16.2. The molecule has 1 fully saturated rings. The van der Waals surface area contributed by atoms with Crippen LogP contribution in [0.2, 0.25) is 0 Å². The van der Waals surface area contributed by atoms with Gasteiger partial charge in [-0.05, 0) is 13.3 Å². The van der Waals surface area contributed by atoms with Gasteiger partial charge in [-0.2, -0.15) is 5.26 Å². The van der Waals surface area contributed by atoms with Gasteiger partial charge in [-0.3, -0.25) is 0 Å². The first kappa shape index (κ1) is 15.8. The number of hydrogen-bond donors (Lipinski definition) is 0. The van der Waals surface area contributed by atoms with Crippen molar-refractivity contribution in [3.63, 3.8) is 0 Å². The molecule has 0 atom stereocenters. The van der Waals surface area contributed by atoms with Crippen molar-refractivity contribution in [3.8, 4) is 17.3 Å². The molecule has 5 nitrogen and oxygen atoms in total. The van der Waals surface area contributed by atoms with Crippen molar-refractivity contribution in [2.24, 2.45) is 0 Å². The topological polar surface area (TPSA) is 56.1 Å². The Hall–Kier alpha value is -2.10. The van der Waals surface area contributed by atoms with E-state index < -0.39 is 0 Å². The molecule has 1 aromatic carbocycles. The zero-order valence-electron chi connectivity index (χ0n) is 13.4. The normalized spacial score (nSPS) is 15.4. The minimum Gasteiger partial charge on any atom is -0.353 e. The fourth-order valence-corrected chi connectivity index (χ4v) is 3.04. The summed E-state index contributed by atoms with van der Waals surface area (Å²) in [7, 11) is 2.12. The highest BCUT2D eigenvalue weighted by atomic mass is 32.2. The molecule has 0 aliphatic carbocycles. The summed E-state index contributed by atoms with van der Waals surface area (Å²) in [5.74, 6) is 0.763. The van der Waals surface area contributed by atoms with E-state index in [-0.39, 0.29) is 0 Å². The molecular formula is C17H19N5S. The van der Waals surface area contributed by atoms with Crippen LogP contribution in [0.3, 0.4) is 0 Å². The first-order valence-electron chi connectivity index (χ1n) is 7.58. The number of anilines is 1. The zero-order valence-corrected chi connectivity index (χ0v) is 14.2. The molecule has 1 aliphatic heterocycles. The summed E-state index contributed by atoms with van der Waals surface area (Å²) in [5, 5.41) is 10.4. The van der Waals surface area contributed by atoms with E-state index in [1.165, 1.54) is 11.8 Å². The van der Waals surface area contributed by atoms with Gasteiger partial charge in [0.25, 0.3) is 0 Å². The van der Waals surface area contributed by atoms with Crippen LogP contribution in [0.4, 0.5) is 5.82 Å². The maximum Gasteiger partial charge on any atom is 0.189 e. The highest BCUT2D eigenvalue weighted by Crippen LogP contribution is 2.30. The van der Waals surface area contributed by atoms with Crippen LogP contribution in [0.15, 0.2) is 35.5 Å². The van der Waals surface area contributed by atoms with E-state index in [1.807, 2.05) is 36.6 Å². The van der Waals surface area contributed by atoms with Crippen molar-refractivity contribution in [1.29, 1.82) is 5.26 Å². The number of nitrogens with zero attached hydrogens (tertiary/aromatic N) is 5. The Morgan fingerprint density at radius 1 is 1.09 bits per heavy atom. The molecule has 0 saturated carbocycles. The number of likely N-dealkylation sites (N-methyl/N-ethyl adjacent to an activating group) is 1. The molecule has 2 heterocycles. The van der Waals surface area contributed by atoms with Gasteiger partial charge in [0.15, 0.2) is 11.0 Å². The van der Waals surface area contributed by atoms with Gasteiger partial charge in [-0.1, -0.05) is 42.1 Å².